The molecular weight excluding hydrogens is 1760 g/mol. The van der Waals surface area contributed by atoms with Crippen LogP contribution < -0.4 is 24.2 Å². The molecule has 0 N–H and O–H groups in total. The number of ether oxygens (including phenoxy) is 2. The number of nitrogens with zero attached hydrogens (tertiary/aromatic N) is 3. The molecule has 6 heteroatoms. The van der Waals surface area contributed by atoms with Crippen molar-refractivity contribution in [3.05, 3.63) is 596 Å². The van der Waals surface area contributed by atoms with Gasteiger partial charge in [0.2, 0.25) is 0 Å². The van der Waals surface area contributed by atoms with Gasteiger partial charge in [0.15, 0.2) is 17.2 Å². The Labute approximate surface area is 846 Å². The zero-order valence-electron chi connectivity index (χ0n) is 80.0. The van der Waals surface area contributed by atoms with Gasteiger partial charge in [0.25, 0.3) is 0 Å². The van der Waals surface area contributed by atoms with E-state index in [1.54, 1.807) is 0 Å². The van der Waals surface area contributed by atoms with Gasteiger partial charge in [0, 0.05) is 48.8 Å². The quantitative estimate of drug-likeness (QED) is 0.0957. The molecule has 0 saturated carbocycles. The Morgan fingerprint density at radius 3 is 0.882 bits per heavy atom. The molecule has 0 radical (unpaired) electrons. The molecule has 3 atom stereocenters. The van der Waals surface area contributed by atoms with Crippen molar-refractivity contribution in [3.63, 3.8) is 0 Å². The normalized spacial score (nSPS) is 15.3. The molecule has 22 aromatic carbocycles. The summed E-state index contributed by atoms with van der Waals surface area (Å²) in [5.41, 5.74) is 42.7. The zero-order valence-corrected chi connectivity index (χ0v) is 80.8. The molecule has 3 aliphatic carbocycles. The van der Waals surface area contributed by atoms with E-state index in [9.17, 15) is 0 Å². The van der Waals surface area contributed by atoms with Gasteiger partial charge in [-0.3, -0.25) is 0 Å². The molecule has 0 aromatic heterocycles. The van der Waals surface area contributed by atoms with Crippen LogP contribution in [0.5, 0.6) is 23.0 Å². The smallest absolute Gasteiger partial charge is 0.152 e. The highest BCUT2D eigenvalue weighted by molar-refractivity contribution is 7.99. The van der Waals surface area contributed by atoms with Crippen molar-refractivity contribution in [2.75, 3.05) is 14.7 Å². The lowest BCUT2D eigenvalue weighted by Crippen LogP contribution is -2.23. The Hall–Kier alpha value is -17.8. The summed E-state index contributed by atoms with van der Waals surface area (Å²) in [7, 11) is 0. The number of benzene rings is 22. The van der Waals surface area contributed by atoms with Gasteiger partial charge in [0.05, 0.1) is 28.4 Å². The fourth-order valence-corrected chi connectivity index (χ4v) is 23.7. The van der Waals surface area contributed by atoms with E-state index in [0.29, 0.717) is 0 Å². The summed E-state index contributed by atoms with van der Waals surface area (Å²) in [5, 5.41) is 0. The molecule has 684 valence electrons. The van der Waals surface area contributed by atoms with Crippen LogP contribution in [0.15, 0.2) is 556 Å². The minimum Gasteiger partial charge on any atom is -0.455 e. The molecule has 22 aromatic rings. The van der Waals surface area contributed by atoms with E-state index < -0.39 is 0 Å². The lowest BCUT2D eigenvalue weighted by Gasteiger charge is -2.35. The predicted octanol–water partition coefficient (Wildman–Crippen LogP) is 37.8. The predicted molar refractivity (Wildman–Crippen MR) is 599 cm³/mol. The van der Waals surface area contributed by atoms with Gasteiger partial charge in [-0.15, -0.1) is 0 Å². The first-order chi connectivity index (χ1) is 71.0. The van der Waals surface area contributed by atoms with Gasteiger partial charge >= 0.3 is 0 Å². The van der Waals surface area contributed by atoms with Crippen molar-refractivity contribution in [1.82, 2.24) is 0 Å². The van der Waals surface area contributed by atoms with E-state index in [1.807, 2.05) is 42.1 Å². The minimum absolute atomic E-state index is 0.256. The number of hydrogen-bond donors (Lipinski definition) is 0. The van der Waals surface area contributed by atoms with Crippen molar-refractivity contribution in [2.24, 2.45) is 0 Å². The molecule has 2 aliphatic heterocycles. The van der Waals surface area contributed by atoms with Crippen LogP contribution in [0.1, 0.15) is 70.8 Å². The van der Waals surface area contributed by atoms with Gasteiger partial charge < -0.3 is 24.2 Å². The summed E-state index contributed by atoms with van der Waals surface area (Å²) in [4.78, 5) is 9.70. The van der Waals surface area contributed by atoms with E-state index in [0.717, 1.165) is 79.4 Å². The Morgan fingerprint density at radius 1 is 0.215 bits per heavy atom. The van der Waals surface area contributed by atoms with Crippen LogP contribution in [-0.4, -0.2) is 0 Å². The molecule has 0 bridgehead atoms. The van der Waals surface area contributed by atoms with Gasteiger partial charge in [-0.2, -0.15) is 0 Å². The minimum atomic E-state index is -0.327. The van der Waals surface area contributed by atoms with Crippen molar-refractivity contribution >= 4 is 62.9 Å². The Balaban J connectivity index is 0.000000113. The number of para-hydroxylation sites is 1. The summed E-state index contributed by atoms with van der Waals surface area (Å²) < 4.78 is 13.6. The molecule has 2 heterocycles. The first kappa shape index (κ1) is 87.7. The summed E-state index contributed by atoms with van der Waals surface area (Å²) in [6.07, 6.45) is 0. The first-order valence-corrected chi connectivity index (χ1v) is 50.4. The Morgan fingerprint density at radius 2 is 0.493 bits per heavy atom. The van der Waals surface area contributed by atoms with Crippen LogP contribution in [0.4, 0.5) is 51.2 Å². The second kappa shape index (κ2) is 37.1. The largest absolute Gasteiger partial charge is 0.455 e. The van der Waals surface area contributed by atoms with Gasteiger partial charge in [0.1, 0.15) is 5.75 Å². The maximum absolute atomic E-state index is 6.80. The fourth-order valence-electron chi connectivity index (χ4n) is 22.6. The molecule has 5 nitrogen and oxygen atoms in total. The highest BCUT2D eigenvalue weighted by Crippen LogP contribution is 2.62. The summed E-state index contributed by atoms with van der Waals surface area (Å²) in [6, 6.07) is 196. The highest BCUT2D eigenvalue weighted by Gasteiger charge is 2.45. The topological polar surface area (TPSA) is 28.2 Å². The molecule has 5 aliphatic rings. The van der Waals surface area contributed by atoms with Crippen molar-refractivity contribution in [2.45, 2.75) is 46.8 Å². The van der Waals surface area contributed by atoms with Crippen molar-refractivity contribution < 1.29 is 9.47 Å². The van der Waals surface area contributed by atoms with Crippen LogP contribution in [0.2, 0.25) is 0 Å². The van der Waals surface area contributed by atoms with Crippen LogP contribution in [0.3, 0.4) is 0 Å². The summed E-state index contributed by atoms with van der Waals surface area (Å²) >= 11 is 1.87. The maximum atomic E-state index is 6.80. The van der Waals surface area contributed by atoms with E-state index in [2.05, 4.69) is 551 Å². The van der Waals surface area contributed by atoms with Crippen LogP contribution in [0.25, 0.3) is 100 Å². The molecule has 3 unspecified atom stereocenters. The fraction of sp³-hybridized carbons (Fsp3) is 0.0435. The third kappa shape index (κ3) is 15.6. The Kier molecular flexibility index (Phi) is 22.6. The second-order valence-corrected chi connectivity index (χ2v) is 39.2. The molecule has 27 rings (SSSR count). The van der Waals surface area contributed by atoms with Crippen LogP contribution >= 0.6 is 11.8 Å². The lowest BCUT2D eigenvalue weighted by molar-refractivity contribution is 0.477. The van der Waals surface area contributed by atoms with Crippen LogP contribution in [0, 0.1) is 0 Å². The number of rotatable bonds is 16. The van der Waals surface area contributed by atoms with E-state index in [4.69, 9.17) is 9.47 Å². The van der Waals surface area contributed by atoms with Gasteiger partial charge in [-0.25, -0.2) is 0 Å². The average molecular weight is 1860 g/mol. The highest BCUT2D eigenvalue weighted by atomic mass is 32.2. The van der Waals surface area contributed by atoms with Crippen molar-refractivity contribution in [1.29, 1.82) is 0 Å². The third-order valence-electron chi connectivity index (χ3n) is 29.9. The monoisotopic (exact) mass is 1860 g/mol. The molecule has 0 amide bonds. The Bertz CT molecular complexity index is 8050. The molecular formula is C138H99N3O2S. The molecule has 0 fully saturated rings. The number of fused-ring (bicyclic) bond motifs is 13. The molecule has 0 saturated heterocycles. The number of hydrogen-bond acceptors (Lipinski definition) is 6. The lowest BCUT2D eigenvalue weighted by atomic mass is 9.74. The van der Waals surface area contributed by atoms with Gasteiger partial charge in [-0.1, -0.05) is 436 Å². The third-order valence-corrected chi connectivity index (χ3v) is 31.0. The van der Waals surface area contributed by atoms with E-state index in [1.165, 1.54) is 155 Å². The number of anilines is 9. The van der Waals surface area contributed by atoms with Crippen LogP contribution in [-0.2, 0) is 16.2 Å². The first-order valence-electron chi connectivity index (χ1n) is 49.6. The summed E-state index contributed by atoms with van der Waals surface area (Å²) in [5.74, 6) is 3.24. The summed E-state index contributed by atoms with van der Waals surface area (Å²) in [6.45, 7) is 7.13. The zero-order chi connectivity index (χ0) is 96.2. The molecule has 0 spiro atoms. The standard InChI is InChI=1S/C50H37NO.C44H31NO.C44H31NS/c1-50(40-20-10-4-11-21-40)46-25-15-14-24-44(46)45-32-31-42(35-47(45)50)51(41-29-26-38(27-30-41)36-16-6-2-7-17-36)48-33-28-39(37-18-8-3-9-19-37)34-49(48)52-43-22-12-5-13-23-43;2*1-44(34-17-9-4-10-18-34)38-20-12-11-19-36(38)37-24-23-35(29-39(37)44)45-40-25-21-32(30-13-5-2-6-14-30)27-42(40)46-43-28-33(22-26-41(43)45)31-15-7-3-8-16-31/h2-35H,1H3;2*2-29H,1H3. The molecule has 144 heavy (non-hydrogen) atoms. The van der Waals surface area contributed by atoms with Gasteiger partial charge in [-0.05, 0) is 292 Å². The second-order valence-electron chi connectivity index (χ2n) is 38.1. The van der Waals surface area contributed by atoms with E-state index in [-0.39, 0.29) is 16.2 Å². The van der Waals surface area contributed by atoms with E-state index >= 15 is 0 Å². The maximum Gasteiger partial charge on any atom is 0.152 e. The average Bonchev–Trinajstić information content (AvgIpc) is 1.56. The SMILES string of the molecule is CC1(c2ccccc2)c2ccccc2-c2ccc(N(c3ccc(-c4ccccc4)cc3)c3ccc(-c4ccccc4)cc3Oc3ccccc3)cc21.CC1(c2ccccc2)c2ccccc2-c2ccc(N3c4ccc(-c5ccccc5)cc4Oc4cc(-c5ccccc5)ccc43)cc21.CC1(c2ccccc2)c2ccccc2-c2ccc(N3c4ccc(-c5ccccc5)cc4Sc4cc(-c5ccccc5)ccc43)cc21. The van der Waals surface area contributed by atoms with Crippen molar-refractivity contribution in [3.8, 4) is 123 Å².